The smallest absolute Gasteiger partial charge is 0.335 e. The summed E-state index contributed by atoms with van der Waals surface area (Å²) in [5.74, 6) is 0.606. The van der Waals surface area contributed by atoms with Gasteiger partial charge in [0.05, 0.1) is 6.21 Å². The van der Waals surface area contributed by atoms with Crippen molar-refractivity contribution in [1.82, 2.24) is 0 Å². The molecule has 1 aliphatic rings. The Hall–Kier alpha value is -1.84. The molecular weight excluding hydrogens is 254 g/mol. The molecule has 0 amide bonds. The highest BCUT2D eigenvalue weighted by atomic mass is 16.7. The molecule has 0 aliphatic heterocycles. The van der Waals surface area contributed by atoms with Crippen LogP contribution in [0.2, 0.25) is 0 Å². The molecule has 0 saturated heterocycles. The molecular formula is C16H21NO3. The van der Waals surface area contributed by atoms with Crippen molar-refractivity contribution in [3.63, 3.8) is 0 Å². The van der Waals surface area contributed by atoms with Crippen molar-refractivity contribution in [2.75, 3.05) is 0 Å². The zero-order valence-corrected chi connectivity index (χ0v) is 11.6. The van der Waals surface area contributed by atoms with Crippen LogP contribution < -0.4 is 0 Å². The van der Waals surface area contributed by atoms with Gasteiger partial charge >= 0.3 is 5.97 Å². The van der Waals surface area contributed by atoms with Gasteiger partial charge in [-0.25, -0.2) is 4.79 Å². The fraction of sp³-hybridized carbons (Fsp3) is 0.500. The first-order chi connectivity index (χ1) is 9.74. The van der Waals surface area contributed by atoms with Crippen molar-refractivity contribution in [2.45, 2.75) is 44.9 Å². The van der Waals surface area contributed by atoms with Gasteiger partial charge in [-0.2, -0.15) is 0 Å². The molecule has 0 unspecified atom stereocenters. The van der Waals surface area contributed by atoms with Crippen LogP contribution in [-0.4, -0.2) is 17.3 Å². The number of nitrogens with zero attached hydrogens (tertiary/aromatic N) is 1. The number of rotatable bonds is 5. The van der Waals surface area contributed by atoms with Crippen LogP contribution >= 0.6 is 0 Å². The highest BCUT2D eigenvalue weighted by molar-refractivity contribution is 5.80. The Morgan fingerprint density at radius 3 is 2.65 bits per heavy atom. The van der Waals surface area contributed by atoms with Crippen molar-refractivity contribution in [3.8, 4) is 5.75 Å². The van der Waals surface area contributed by atoms with Crippen LogP contribution in [0.3, 0.4) is 0 Å². The molecule has 1 saturated carbocycles. The van der Waals surface area contributed by atoms with E-state index in [-0.39, 0.29) is 11.7 Å². The summed E-state index contributed by atoms with van der Waals surface area (Å²) in [6.45, 7) is 0. The van der Waals surface area contributed by atoms with Gasteiger partial charge in [-0.05, 0) is 42.2 Å². The van der Waals surface area contributed by atoms with Crippen LogP contribution in [0.5, 0.6) is 5.75 Å². The van der Waals surface area contributed by atoms with Crippen molar-refractivity contribution in [3.05, 3.63) is 29.8 Å². The summed E-state index contributed by atoms with van der Waals surface area (Å²) < 4.78 is 0. The van der Waals surface area contributed by atoms with Crippen LogP contribution in [0.4, 0.5) is 0 Å². The Morgan fingerprint density at radius 2 is 1.95 bits per heavy atom. The Kier molecular flexibility index (Phi) is 5.59. The maximum atomic E-state index is 11.6. The number of oxime groups is 1. The third-order valence-electron chi connectivity index (χ3n) is 3.73. The van der Waals surface area contributed by atoms with E-state index < -0.39 is 0 Å². The molecule has 1 aromatic carbocycles. The van der Waals surface area contributed by atoms with Gasteiger partial charge in [0.1, 0.15) is 5.75 Å². The highest BCUT2D eigenvalue weighted by Crippen LogP contribution is 2.27. The first-order valence-corrected chi connectivity index (χ1v) is 7.26. The van der Waals surface area contributed by atoms with E-state index in [1.807, 2.05) is 0 Å². The van der Waals surface area contributed by atoms with Crippen molar-refractivity contribution in [2.24, 2.45) is 11.1 Å². The van der Waals surface area contributed by atoms with E-state index in [4.69, 9.17) is 9.94 Å². The lowest BCUT2D eigenvalue weighted by molar-refractivity contribution is -0.144. The molecule has 20 heavy (non-hydrogen) atoms. The molecule has 108 valence electrons. The van der Waals surface area contributed by atoms with E-state index in [0.717, 1.165) is 12.0 Å². The summed E-state index contributed by atoms with van der Waals surface area (Å²) in [6, 6.07) is 6.53. The second kappa shape index (κ2) is 7.68. The standard InChI is InChI=1S/C16H21NO3/c18-15-9-6-14(7-10-15)12-17-20-16(19)11-8-13-4-2-1-3-5-13/h6-7,9-10,12-13,18H,1-5,8,11H2/b17-12+. The van der Waals surface area contributed by atoms with E-state index in [9.17, 15) is 4.79 Å². The summed E-state index contributed by atoms with van der Waals surface area (Å²) in [4.78, 5) is 16.4. The fourth-order valence-corrected chi connectivity index (χ4v) is 2.55. The lowest BCUT2D eigenvalue weighted by Gasteiger charge is -2.20. The van der Waals surface area contributed by atoms with Crippen LogP contribution in [0.15, 0.2) is 29.4 Å². The molecule has 0 atom stereocenters. The number of phenolic OH excluding ortho intramolecular Hbond substituents is 1. The molecule has 4 nitrogen and oxygen atoms in total. The number of aromatic hydroxyl groups is 1. The zero-order valence-electron chi connectivity index (χ0n) is 11.6. The highest BCUT2D eigenvalue weighted by Gasteiger charge is 2.15. The van der Waals surface area contributed by atoms with Crippen LogP contribution in [-0.2, 0) is 9.63 Å². The lowest BCUT2D eigenvalue weighted by Crippen LogP contribution is -2.09. The first kappa shape index (κ1) is 14.6. The van der Waals surface area contributed by atoms with Gasteiger partial charge in [-0.3, -0.25) is 0 Å². The van der Waals surface area contributed by atoms with Crippen LogP contribution in [0, 0.1) is 5.92 Å². The Balaban J connectivity index is 1.67. The van der Waals surface area contributed by atoms with Crippen molar-refractivity contribution in [1.29, 1.82) is 0 Å². The quantitative estimate of drug-likeness (QED) is 0.507. The van der Waals surface area contributed by atoms with Crippen LogP contribution in [0.1, 0.15) is 50.5 Å². The molecule has 0 aromatic heterocycles. The van der Waals surface area contributed by atoms with Gasteiger partial charge in [0, 0.05) is 6.42 Å². The molecule has 2 rings (SSSR count). The molecule has 4 heteroatoms. The lowest BCUT2D eigenvalue weighted by atomic mass is 9.86. The minimum Gasteiger partial charge on any atom is -0.508 e. The molecule has 0 radical (unpaired) electrons. The van der Waals surface area contributed by atoms with Gasteiger partial charge in [-0.15, -0.1) is 0 Å². The summed E-state index contributed by atoms with van der Waals surface area (Å²) in [5, 5.41) is 12.8. The predicted molar refractivity (Wildman–Crippen MR) is 77.6 cm³/mol. The van der Waals surface area contributed by atoms with Gasteiger partial charge in [0.2, 0.25) is 0 Å². The minimum absolute atomic E-state index is 0.201. The number of carbonyl (C=O) groups is 1. The number of hydrogen-bond acceptors (Lipinski definition) is 4. The molecule has 1 aliphatic carbocycles. The minimum atomic E-state index is -0.273. The Morgan fingerprint density at radius 1 is 1.25 bits per heavy atom. The second-order valence-corrected chi connectivity index (χ2v) is 5.33. The summed E-state index contributed by atoms with van der Waals surface area (Å²) in [6.07, 6.45) is 9.21. The third-order valence-corrected chi connectivity index (χ3v) is 3.73. The summed E-state index contributed by atoms with van der Waals surface area (Å²) in [7, 11) is 0. The maximum absolute atomic E-state index is 11.6. The van der Waals surface area contributed by atoms with E-state index in [0.29, 0.717) is 12.3 Å². The maximum Gasteiger partial charge on any atom is 0.335 e. The van der Waals surface area contributed by atoms with Gasteiger partial charge in [0.15, 0.2) is 0 Å². The normalized spacial score (nSPS) is 16.4. The van der Waals surface area contributed by atoms with E-state index in [2.05, 4.69) is 5.16 Å². The van der Waals surface area contributed by atoms with Gasteiger partial charge in [0.25, 0.3) is 0 Å². The van der Waals surface area contributed by atoms with Crippen molar-refractivity contribution < 1.29 is 14.7 Å². The van der Waals surface area contributed by atoms with E-state index in [1.54, 1.807) is 24.3 Å². The molecule has 1 fully saturated rings. The fourth-order valence-electron chi connectivity index (χ4n) is 2.55. The average molecular weight is 275 g/mol. The van der Waals surface area contributed by atoms with Gasteiger partial charge < -0.3 is 9.94 Å². The largest absolute Gasteiger partial charge is 0.508 e. The number of hydrogen-bond donors (Lipinski definition) is 1. The molecule has 0 spiro atoms. The average Bonchev–Trinajstić information content (AvgIpc) is 2.48. The van der Waals surface area contributed by atoms with Crippen LogP contribution in [0.25, 0.3) is 0 Å². The molecule has 1 N–H and O–H groups in total. The van der Waals surface area contributed by atoms with E-state index >= 15 is 0 Å². The molecule has 1 aromatic rings. The Bertz CT molecular complexity index is 447. The monoisotopic (exact) mass is 275 g/mol. The number of phenols is 1. The van der Waals surface area contributed by atoms with Gasteiger partial charge in [-0.1, -0.05) is 37.3 Å². The van der Waals surface area contributed by atoms with Crippen molar-refractivity contribution >= 4 is 12.2 Å². The summed E-state index contributed by atoms with van der Waals surface area (Å²) >= 11 is 0. The SMILES string of the molecule is O=C(CCC1CCCCC1)O/N=C/c1ccc(O)cc1. The Labute approximate surface area is 119 Å². The molecule has 0 bridgehead atoms. The summed E-state index contributed by atoms with van der Waals surface area (Å²) in [5.41, 5.74) is 0.780. The molecule has 0 heterocycles. The predicted octanol–water partition coefficient (Wildman–Crippen LogP) is 3.63. The number of benzene rings is 1. The topological polar surface area (TPSA) is 58.9 Å². The van der Waals surface area contributed by atoms with E-state index in [1.165, 1.54) is 38.3 Å². The number of carbonyl (C=O) groups excluding carboxylic acids is 1. The third kappa shape index (κ3) is 5.03. The first-order valence-electron chi connectivity index (χ1n) is 7.26. The zero-order chi connectivity index (χ0) is 14.2. The second-order valence-electron chi connectivity index (χ2n) is 5.33.